The number of benzene rings is 2. The monoisotopic (exact) mass is 490 g/mol. The Balaban J connectivity index is 1.36. The van der Waals surface area contributed by atoms with Gasteiger partial charge >= 0.3 is 0 Å². The van der Waals surface area contributed by atoms with Crippen LogP contribution >= 0.6 is 0 Å². The second kappa shape index (κ2) is 10.8. The predicted octanol–water partition coefficient (Wildman–Crippen LogP) is 5.81. The van der Waals surface area contributed by atoms with Gasteiger partial charge in [-0.25, -0.2) is 15.0 Å². The lowest BCUT2D eigenvalue weighted by molar-refractivity contribution is 0.775. The smallest absolute Gasteiger partial charge is 0.224 e. The highest BCUT2D eigenvalue weighted by atomic mass is 15.3. The summed E-state index contributed by atoms with van der Waals surface area (Å²) in [4.78, 5) is 23.4. The van der Waals surface area contributed by atoms with Crippen molar-refractivity contribution in [3.63, 3.8) is 0 Å². The van der Waals surface area contributed by atoms with Gasteiger partial charge in [-0.15, -0.1) is 0 Å². The lowest BCUT2D eigenvalue weighted by atomic mass is 10.0. The minimum absolute atomic E-state index is 0.0789. The zero-order valence-electron chi connectivity index (χ0n) is 20.6. The molecule has 10 nitrogen and oxygen atoms in total. The predicted molar refractivity (Wildman–Crippen MR) is 145 cm³/mol. The molecule has 5 aromatic rings. The minimum atomic E-state index is 0.0789. The van der Waals surface area contributed by atoms with E-state index in [1.165, 1.54) is 0 Å². The summed E-state index contributed by atoms with van der Waals surface area (Å²) in [7, 11) is 1.93. The molecule has 0 saturated carbocycles. The van der Waals surface area contributed by atoms with Crippen LogP contribution in [0.5, 0.6) is 0 Å². The van der Waals surface area contributed by atoms with Crippen LogP contribution in [-0.4, -0.2) is 37.4 Å². The first-order chi connectivity index (χ1) is 18.1. The number of imidazole rings is 1. The van der Waals surface area contributed by atoms with Crippen molar-refractivity contribution in [3.8, 4) is 11.3 Å². The van der Waals surface area contributed by atoms with Crippen molar-refractivity contribution in [2.45, 2.75) is 25.9 Å². The fourth-order valence-corrected chi connectivity index (χ4v) is 4.20. The zero-order chi connectivity index (χ0) is 25.6. The summed E-state index contributed by atoms with van der Waals surface area (Å²) in [6.07, 6.45) is 6.16. The first-order valence-electron chi connectivity index (χ1n) is 11.9. The average molecular weight is 491 g/mol. The molecule has 0 aliphatic carbocycles. The van der Waals surface area contributed by atoms with Gasteiger partial charge in [0.1, 0.15) is 11.5 Å². The summed E-state index contributed by atoms with van der Waals surface area (Å²) in [5.41, 5.74) is 13.4. The number of azide groups is 1. The van der Waals surface area contributed by atoms with Crippen LogP contribution in [0.3, 0.4) is 0 Å². The molecule has 3 heterocycles. The average Bonchev–Trinajstić information content (AvgIpc) is 3.41. The Labute approximate surface area is 214 Å². The highest BCUT2D eigenvalue weighted by molar-refractivity contribution is 5.68. The number of aromatic nitrogens is 5. The van der Waals surface area contributed by atoms with Crippen LogP contribution in [0.4, 0.5) is 17.7 Å². The Hall–Kier alpha value is -4.95. The Morgan fingerprint density at radius 2 is 1.84 bits per heavy atom. The van der Waals surface area contributed by atoms with E-state index < -0.39 is 0 Å². The van der Waals surface area contributed by atoms with Gasteiger partial charge in [0.2, 0.25) is 11.9 Å². The van der Waals surface area contributed by atoms with Gasteiger partial charge in [-0.05, 0) is 36.1 Å². The van der Waals surface area contributed by atoms with Crippen LogP contribution in [0.2, 0.25) is 0 Å². The second-order valence-corrected chi connectivity index (χ2v) is 8.72. The summed E-state index contributed by atoms with van der Waals surface area (Å²) in [6.45, 7) is 2.42. The van der Waals surface area contributed by atoms with E-state index in [9.17, 15) is 0 Å². The summed E-state index contributed by atoms with van der Waals surface area (Å²) in [5.74, 6) is 1.93. The first kappa shape index (κ1) is 23.8. The van der Waals surface area contributed by atoms with E-state index in [0.717, 1.165) is 34.5 Å². The molecule has 5 rings (SSSR count). The lowest BCUT2D eigenvalue weighted by Gasteiger charge is -2.20. The SMILES string of the molecule is CC(Cc1cccc(CN=[N+]=[N-])c1)Nc1nccc(N(C)c2nc(-c3ccccc3)cc3nccn23)n1. The van der Waals surface area contributed by atoms with Crippen LogP contribution in [0.25, 0.3) is 27.3 Å². The lowest BCUT2D eigenvalue weighted by Crippen LogP contribution is -2.21. The Morgan fingerprint density at radius 1 is 1.00 bits per heavy atom. The second-order valence-electron chi connectivity index (χ2n) is 8.72. The molecule has 1 unspecified atom stereocenters. The summed E-state index contributed by atoms with van der Waals surface area (Å²) in [6, 6.07) is 22.0. The normalized spacial score (nSPS) is 11.6. The molecule has 1 N–H and O–H groups in total. The van der Waals surface area contributed by atoms with Gasteiger partial charge in [0.05, 0.1) is 12.2 Å². The molecular weight excluding hydrogens is 464 g/mol. The minimum Gasteiger partial charge on any atom is -0.351 e. The van der Waals surface area contributed by atoms with Crippen molar-refractivity contribution < 1.29 is 0 Å². The van der Waals surface area contributed by atoms with Gasteiger partial charge in [-0.3, -0.25) is 9.30 Å². The molecule has 184 valence electrons. The number of hydrogen-bond acceptors (Lipinski definition) is 7. The third-order valence-electron chi connectivity index (χ3n) is 5.95. The van der Waals surface area contributed by atoms with Crippen molar-refractivity contribution in [2.24, 2.45) is 5.11 Å². The van der Waals surface area contributed by atoms with E-state index in [1.54, 1.807) is 12.4 Å². The third kappa shape index (κ3) is 5.50. The molecule has 1 atom stereocenters. The fraction of sp³-hybridized carbons (Fsp3) is 0.185. The molecule has 0 aliphatic heterocycles. The number of rotatable bonds is 9. The quantitative estimate of drug-likeness (QED) is 0.158. The molecule has 37 heavy (non-hydrogen) atoms. The van der Waals surface area contributed by atoms with Crippen molar-refractivity contribution in [1.82, 2.24) is 24.3 Å². The number of anilines is 3. The molecule has 0 fully saturated rings. The molecule has 10 heteroatoms. The van der Waals surface area contributed by atoms with Crippen LogP contribution in [-0.2, 0) is 13.0 Å². The van der Waals surface area contributed by atoms with Gasteiger partial charge < -0.3 is 5.32 Å². The van der Waals surface area contributed by atoms with E-state index >= 15 is 0 Å². The molecule has 0 radical (unpaired) electrons. The van der Waals surface area contributed by atoms with Crippen LogP contribution < -0.4 is 10.2 Å². The molecular formula is C27H26N10. The topological polar surface area (TPSA) is 120 Å². The molecule has 0 spiro atoms. The summed E-state index contributed by atoms with van der Waals surface area (Å²) in [5, 5.41) is 7.05. The van der Waals surface area contributed by atoms with Gasteiger partial charge in [-0.2, -0.15) is 4.98 Å². The van der Waals surface area contributed by atoms with Crippen molar-refractivity contribution in [1.29, 1.82) is 0 Å². The van der Waals surface area contributed by atoms with Gasteiger partial charge in [0, 0.05) is 48.2 Å². The molecule has 0 aliphatic rings. The number of nitrogens with zero attached hydrogens (tertiary/aromatic N) is 9. The molecule has 0 amide bonds. The van der Waals surface area contributed by atoms with Crippen molar-refractivity contribution in [2.75, 3.05) is 17.3 Å². The van der Waals surface area contributed by atoms with Gasteiger partial charge in [-0.1, -0.05) is 59.7 Å². The third-order valence-corrected chi connectivity index (χ3v) is 5.95. The van der Waals surface area contributed by atoms with Crippen LogP contribution in [0, 0.1) is 0 Å². The van der Waals surface area contributed by atoms with Crippen LogP contribution in [0.1, 0.15) is 18.1 Å². The van der Waals surface area contributed by atoms with Crippen molar-refractivity contribution in [3.05, 3.63) is 107 Å². The van der Waals surface area contributed by atoms with E-state index in [0.29, 0.717) is 24.3 Å². The molecule has 0 bridgehead atoms. The molecule has 0 saturated heterocycles. The maximum atomic E-state index is 8.57. The highest BCUT2D eigenvalue weighted by Gasteiger charge is 2.16. The highest BCUT2D eigenvalue weighted by Crippen LogP contribution is 2.26. The molecule has 3 aromatic heterocycles. The Bertz CT molecular complexity index is 1560. The van der Waals surface area contributed by atoms with Gasteiger partial charge in [0.15, 0.2) is 0 Å². The maximum Gasteiger partial charge on any atom is 0.224 e. The van der Waals surface area contributed by atoms with E-state index in [1.807, 2.05) is 77.1 Å². The fourth-order valence-electron chi connectivity index (χ4n) is 4.20. The van der Waals surface area contributed by atoms with E-state index in [2.05, 4.69) is 44.4 Å². The van der Waals surface area contributed by atoms with Crippen LogP contribution in [0.15, 0.2) is 90.4 Å². The summed E-state index contributed by atoms with van der Waals surface area (Å²) < 4.78 is 1.94. The number of fused-ring (bicyclic) bond motifs is 1. The van der Waals surface area contributed by atoms with E-state index in [4.69, 9.17) is 15.5 Å². The Morgan fingerprint density at radius 3 is 2.68 bits per heavy atom. The largest absolute Gasteiger partial charge is 0.351 e. The van der Waals surface area contributed by atoms with Crippen molar-refractivity contribution >= 4 is 23.4 Å². The Kier molecular flexibility index (Phi) is 6.91. The number of hydrogen-bond donors (Lipinski definition) is 1. The zero-order valence-corrected chi connectivity index (χ0v) is 20.6. The van der Waals surface area contributed by atoms with E-state index in [-0.39, 0.29) is 6.04 Å². The first-order valence-corrected chi connectivity index (χ1v) is 11.9. The number of nitrogens with one attached hydrogen (secondary N) is 1. The van der Waals surface area contributed by atoms with Gasteiger partial charge in [0.25, 0.3) is 0 Å². The summed E-state index contributed by atoms with van der Waals surface area (Å²) >= 11 is 0. The maximum absolute atomic E-state index is 8.57. The molecule has 2 aromatic carbocycles. The standard InChI is InChI=1S/C27H26N10/c1-19(15-20-7-6-8-21(16-20)18-31-35-28)32-26-30-12-11-24(34-26)36(2)27-33-23(22-9-4-3-5-10-22)17-25-29-13-14-37(25)27/h3-14,16-17,19H,15,18H2,1-2H3,(H,30,32,34).